The van der Waals surface area contributed by atoms with Crippen molar-refractivity contribution in [3.05, 3.63) is 185 Å². The smallest absolute Gasteiger partial charge is 0.266 e. The van der Waals surface area contributed by atoms with Gasteiger partial charge >= 0.3 is 0 Å². The second-order valence-electron chi connectivity index (χ2n) is 16.4. The summed E-state index contributed by atoms with van der Waals surface area (Å²) in [5.74, 6) is 1.10. The number of nitrogens with zero attached hydrogens (tertiary/aromatic N) is 4. The molecule has 0 saturated carbocycles. The zero-order valence-electron chi connectivity index (χ0n) is 31.4. The molecule has 2 aliphatic heterocycles. The molecular formula is C50H40N4O. The van der Waals surface area contributed by atoms with Crippen molar-refractivity contribution in [2.75, 3.05) is 4.90 Å². The van der Waals surface area contributed by atoms with Gasteiger partial charge in [0.05, 0.1) is 39.1 Å². The molecule has 55 heavy (non-hydrogen) atoms. The summed E-state index contributed by atoms with van der Waals surface area (Å²) in [5.41, 5.74) is 11.7. The summed E-state index contributed by atoms with van der Waals surface area (Å²) >= 11 is 0. The molecule has 8 aromatic rings. The van der Waals surface area contributed by atoms with E-state index in [1.54, 1.807) is 0 Å². The Labute approximate surface area is 320 Å². The third kappa shape index (κ3) is 4.41. The molecule has 266 valence electrons. The first-order valence-corrected chi connectivity index (χ1v) is 19.3. The van der Waals surface area contributed by atoms with Gasteiger partial charge in [0.15, 0.2) is 0 Å². The molecule has 0 fully saturated rings. The molecule has 5 heteroatoms. The van der Waals surface area contributed by atoms with Gasteiger partial charge in [0.1, 0.15) is 5.82 Å². The molecule has 2 unspecified atom stereocenters. The average molecular weight is 713 g/mol. The van der Waals surface area contributed by atoms with Gasteiger partial charge in [-0.2, -0.15) is 0 Å². The second-order valence-corrected chi connectivity index (χ2v) is 16.4. The van der Waals surface area contributed by atoms with Crippen LogP contribution in [-0.4, -0.2) is 20.2 Å². The van der Waals surface area contributed by atoms with E-state index in [0.29, 0.717) is 11.3 Å². The molecule has 2 aromatic heterocycles. The summed E-state index contributed by atoms with van der Waals surface area (Å²) in [6, 6.07) is 47.9. The predicted molar refractivity (Wildman–Crippen MR) is 226 cm³/mol. The van der Waals surface area contributed by atoms with Crippen LogP contribution < -0.4 is 10.5 Å². The molecule has 5 nitrogen and oxygen atoms in total. The first kappa shape index (κ1) is 32.0. The van der Waals surface area contributed by atoms with Crippen molar-refractivity contribution in [1.82, 2.24) is 14.1 Å². The van der Waals surface area contributed by atoms with Gasteiger partial charge in [-0.25, -0.2) is 4.98 Å². The quantitative estimate of drug-likeness (QED) is 0.183. The highest BCUT2D eigenvalue weighted by Crippen LogP contribution is 2.51. The molecule has 0 saturated heterocycles. The lowest BCUT2D eigenvalue weighted by atomic mass is 9.65. The summed E-state index contributed by atoms with van der Waals surface area (Å²) in [6.45, 7) is 9.13. The van der Waals surface area contributed by atoms with Crippen LogP contribution in [0.4, 0.5) is 11.4 Å². The number of allylic oxidation sites excluding steroid dienone is 2. The maximum atomic E-state index is 14.0. The van der Waals surface area contributed by atoms with Crippen LogP contribution in [0, 0.1) is 5.92 Å². The second kappa shape index (κ2) is 11.3. The average Bonchev–Trinajstić information content (AvgIpc) is 3.65. The molecule has 0 bridgehead atoms. The minimum atomic E-state index is -0.477. The van der Waals surface area contributed by atoms with E-state index < -0.39 is 5.41 Å². The van der Waals surface area contributed by atoms with Gasteiger partial charge in [-0.05, 0) is 103 Å². The standard InChI is InChI=1S/C50H40N4O/c1-49(2)38-17-9-12-20-44(38)53(45-21-13-10-18-39(45)49)33-23-26-43-37(29-33)36-28-32(31-14-6-5-7-15-31)22-25-42(36)52(43)34-24-27-46-40(30-34)50(3,4)48-51-41-19-11-8-16-35(41)47(55)54(46)48/h5-30,38,44H,1-4H3. The van der Waals surface area contributed by atoms with Gasteiger partial charge in [0.2, 0.25) is 0 Å². The zero-order valence-corrected chi connectivity index (χ0v) is 31.4. The fourth-order valence-electron chi connectivity index (χ4n) is 9.89. The van der Waals surface area contributed by atoms with E-state index in [2.05, 4.69) is 171 Å². The SMILES string of the molecule is CC1(C)c2cc(-n3c4ccc(-c5ccccc5)cc4c4cc(N5c6ccccc6C(C)(C)C6C=CC=CC65)ccc43)ccc2-n2c1nc1ccccc1c2=O. The molecular weight excluding hydrogens is 673 g/mol. The molecule has 0 radical (unpaired) electrons. The Morgan fingerprint density at radius 3 is 2.13 bits per heavy atom. The van der Waals surface area contributed by atoms with Crippen molar-refractivity contribution >= 4 is 44.1 Å². The Morgan fingerprint density at radius 2 is 1.27 bits per heavy atom. The van der Waals surface area contributed by atoms with Crippen LogP contribution in [0.25, 0.3) is 55.2 Å². The van der Waals surface area contributed by atoms with Gasteiger partial charge in [0, 0.05) is 39.2 Å². The van der Waals surface area contributed by atoms with E-state index in [1.165, 1.54) is 38.8 Å². The van der Waals surface area contributed by atoms with Crippen LogP contribution in [0.2, 0.25) is 0 Å². The van der Waals surface area contributed by atoms with Crippen LogP contribution in [0.5, 0.6) is 0 Å². The Kier molecular flexibility index (Phi) is 6.57. The van der Waals surface area contributed by atoms with Gasteiger partial charge in [-0.3, -0.25) is 9.36 Å². The number of hydrogen-bond donors (Lipinski definition) is 0. The maximum Gasteiger partial charge on any atom is 0.266 e. The Bertz CT molecular complexity index is 3030. The van der Waals surface area contributed by atoms with Crippen molar-refractivity contribution < 1.29 is 0 Å². The Balaban J connectivity index is 1.14. The van der Waals surface area contributed by atoms with Gasteiger partial charge in [0.25, 0.3) is 5.56 Å². The number of benzene rings is 6. The van der Waals surface area contributed by atoms with Gasteiger partial charge < -0.3 is 9.47 Å². The van der Waals surface area contributed by atoms with E-state index in [4.69, 9.17) is 4.98 Å². The molecule has 6 aromatic carbocycles. The fourth-order valence-corrected chi connectivity index (χ4v) is 9.89. The number of hydrogen-bond acceptors (Lipinski definition) is 3. The molecule has 2 atom stereocenters. The van der Waals surface area contributed by atoms with Crippen molar-refractivity contribution in [2.45, 2.75) is 44.6 Å². The lowest BCUT2D eigenvalue weighted by molar-refractivity contribution is 0.332. The first-order valence-electron chi connectivity index (χ1n) is 19.3. The molecule has 0 N–H and O–H groups in total. The molecule has 11 rings (SSSR count). The molecule has 0 amide bonds. The summed E-state index contributed by atoms with van der Waals surface area (Å²) in [7, 11) is 0. The summed E-state index contributed by atoms with van der Waals surface area (Å²) in [5, 5.41) is 3.04. The van der Waals surface area contributed by atoms with Gasteiger partial charge in [-0.15, -0.1) is 0 Å². The fraction of sp³-hybridized carbons (Fsp3) is 0.160. The third-order valence-corrected chi connectivity index (χ3v) is 12.7. The number of aromatic nitrogens is 3. The largest absolute Gasteiger partial charge is 0.334 e. The van der Waals surface area contributed by atoms with Gasteiger partial charge in [-0.1, -0.05) is 105 Å². The van der Waals surface area contributed by atoms with Crippen LogP contribution in [-0.2, 0) is 10.8 Å². The monoisotopic (exact) mass is 712 g/mol. The molecule has 3 aliphatic rings. The highest BCUT2D eigenvalue weighted by atomic mass is 16.1. The first-order chi connectivity index (χ1) is 26.7. The molecule has 1 aliphatic carbocycles. The number of anilines is 2. The van der Waals surface area contributed by atoms with Crippen LogP contribution in [0.1, 0.15) is 44.6 Å². The van der Waals surface area contributed by atoms with E-state index in [9.17, 15) is 4.79 Å². The van der Waals surface area contributed by atoms with Crippen molar-refractivity contribution in [1.29, 1.82) is 0 Å². The highest BCUT2D eigenvalue weighted by molar-refractivity contribution is 6.11. The summed E-state index contributed by atoms with van der Waals surface area (Å²) in [4.78, 5) is 21.6. The zero-order chi connectivity index (χ0) is 37.2. The number of fused-ring (bicyclic) bond motifs is 9. The lowest BCUT2D eigenvalue weighted by Gasteiger charge is -2.50. The summed E-state index contributed by atoms with van der Waals surface area (Å²) < 4.78 is 4.22. The minimum absolute atomic E-state index is 0.0158. The minimum Gasteiger partial charge on any atom is -0.334 e. The van der Waals surface area contributed by atoms with Crippen molar-refractivity contribution in [2.24, 2.45) is 5.92 Å². The normalized spacial score (nSPS) is 18.7. The highest BCUT2D eigenvalue weighted by Gasteiger charge is 2.45. The van der Waals surface area contributed by atoms with E-state index in [1.807, 2.05) is 28.8 Å². The van der Waals surface area contributed by atoms with E-state index in [-0.39, 0.29) is 17.0 Å². The maximum absolute atomic E-state index is 14.0. The topological polar surface area (TPSA) is 43.1 Å². The molecule has 4 heterocycles. The lowest BCUT2D eigenvalue weighted by Crippen LogP contribution is -2.49. The molecule has 0 spiro atoms. The number of rotatable bonds is 3. The summed E-state index contributed by atoms with van der Waals surface area (Å²) in [6.07, 6.45) is 9.18. The van der Waals surface area contributed by atoms with E-state index in [0.717, 1.165) is 39.3 Å². The van der Waals surface area contributed by atoms with Crippen LogP contribution in [0.3, 0.4) is 0 Å². The third-order valence-electron chi connectivity index (χ3n) is 12.7. The Morgan fingerprint density at radius 1 is 0.564 bits per heavy atom. The van der Waals surface area contributed by atoms with Crippen molar-refractivity contribution in [3.63, 3.8) is 0 Å². The van der Waals surface area contributed by atoms with Crippen LogP contribution >= 0.6 is 0 Å². The predicted octanol–water partition coefficient (Wildman–Crippen LogP) is 11.3. The number of para-hydroxylation sites is 2. The van der Waals surface area contributed by atoms with Crippen molar-refractivity contribution in [3.8, 4) is 22.5 Å². The van der Waals surface area contributed by atoms with E-state index >= 15 is 0 Å². The Hall–Kier alpha value is -6.46. The van der Waals surface area contributed by atoms with Crippen LogP contribution in [0.15, 0.2) is 163 Å².